The smallest absolute Gasteiger partial charge is 0.265 e. The summed E-state index contributed by atoms with van der Waals surface area (Å²) in [6, 6.07) is 8.04. The van der Waals surface area contributed by atoms with Gasteiger partial charge in [0.2, 0.25) is 0 Å². The Hall–Kier alpha value is -1.13. The number of carbonyl (C=O) groups is 1. The molecule has 20 heavy (non-hydrogen) atoms. The van der Waals surface area contributed by atoms with Crippen LogP contribution in [-0.2, 0) is 19.3 Å². The van der Waals surface area contributed by atoms with E-state index in [1.54, 1.807) is 11.3 Å². The van der Waals surface area contributed by atoms with Crippen LogP contribution in [0.3, 0.4) is 0 Å². The number of fused-ring (bicyclic) bond motifs is 1. The number of nitrogens with one attached hydrogen (secondary N) is 1. The molecule has 0 fully saturated rings. The lowest BCUT2D eigenvalue weighted by Gasteiger charge is -2.09. The maximum atomic E-state index is 12.4. The van der Waals surface area contributed by atoms with Crippen molar-refractivity contribution in [2.75, 3.05) is 5.32 Å². The van der Waals surface area contributed by atoms with E-state index < -0.39 is 0 Å². The van der Waals surface area contributed by atoms with Gasteiger partial charge in [0.1, 0.15) is 0 Å². The van der Waals surface area contributed by atoms with Gasteiger partial charge in [-0.2, -0.15) is 0 Å². The second-order valence-electron chi connectivity index (χ2n) is 5.02. The molecule has 0 atom stereocenters. The van der Waals surface area contributed by atoms with E-state index in [1.807, 2.05) is 12.1 Å². The summed E-state index contributed by atoms with van der Waals surface area (Å²) in [7, 11) is 0. The average Bonchev–Trinajstić information content (AvgIpc) is 3.01. The fourth-order valence-electron chi connectivity index (χ4n) is 2.60. The minimum Gasteiger partial charge on any atom is -0.321 e. The molecular formula is C16H16BrNOS. The first-order valence-electron chi connectivity index (χ1n) is 6.88. The Morgan fingerprint density at radius 3 is 2.95 bits per heavy atom. The lowest BCUT2D eigenvalue weighted by atomic mass is 10.1. The van der Waals surface area contributed by atoms with Gasteiger partial charge in [0.15, 0.2) is 0 Å². The van der Waals surface area contributed by atoms with Crippen LogP contribution in [0.1, 0.15) is 39.0 Å². The van der Waals surface area contributed by atoms with E-state index in [2.05, 4.69) is 40.3 Å². The highest BCUT2D eigenvalue weighted by atomic mass is 79.9. The van der Waals surface area contributed by atoms with Gasteiger partial charge >= 0.3 is 0 Å². The minimum atomic E-state index is 0.0152. The molecule has 0 bridgehead atoms. The van der Waals surface area contributed by atoms with E-state index in [-0.39, 0.29) is 5.91 Å². The highest BCUT2D eigenvalue weighted by molar-refractivity contribution is 9.10. The van der Waals surface area contributed by atoms with Crippen LogP contribution in [0.25, 0.3) is 0 Å². The van der Waals surface area contributed by atoms with Crippen molar-refractivity contribution < 1.29 is 4.79 Å². The van der Waals surface area contributed by atoms with Gasteiger partial charge < -0.3 is 5.32 Å². The number of benzene rings is 1. The van der Waals surface area contributed by atoms with Gasteiger partial charge in [0.25, 0.3) is 5.91 Å². The number of hydrogen-bond acceptors (Lipinski definition) is 2. The summed E-state index contributed by atoms with van der Waals surface area (Å²) in [5.41, 5.74) is 3.43. The molecule has 2 nitrogen and oxygen atoms in total. The number of amides is 1. The van der Waals surface area contributed by atoms with Gasteiger partial charge in [-0.25, -0.2) is 0 Å². The molecule has 4 heteroatoms. The SMILES string of the molecule is CCc1cc(Br)ccc1NC(=O)c1cc2c(s1)CCC2. The van der Waals surface area contributed by atoms with Gasteiger partial charge in [-0.05, 0) is 61.1 Å². The lowest BCUT2D eigenvalue weighted by Crippen LogP contribution is -2.11. The minimum absolute atomic E-state index is 0.0152. The molecule has 1 aliphatic carbocycles. The van der Waals surface area contributed by atoms with Crippen molar-refractivity contribution >= 4 is 38.9 Å². The summed E-state index contributed by atoms with van der Waals surface area (Å²) in [6.45, 7) is 2.09. The van der Waals surface area contributed by atoms with Crippen molar-refractivity contribution in [3.63, 3.8) is 0 Å². The second-order valence-corrected chi connectivity index (χ2v) is 7.07. The van der Waals surface area contributed by atoms with E-state index in [0.717, 1.165) is 39.9 Å². The molecule has 1 aromatic carbocycles. The zero-order valence-corrected chi connectivity index (χ0v) is 13.7. The Labute approximate surface area is 131 Å². The van der Waals surface area contributed by atoms with E-state index in [9.17, 15) is 4.79 Å². The van der Waals surface area contributed by atoms with Crippen LogP contribution < -0.4 is 5.32 Å². The first-order chi connectivity index (χ1) is 9.67. The molecule has 0 saturated carbocycles. The highest BCUT2D eigenvalue weighted by Gasteiger charge is 2.18. The quantitative estimate of drug-likeness (QED) is 0.845. The van der Waals surface area contributed by atoms with Gasteiger partial charge in [0.05, 0.1) is 4.88 Å². The Morgan fingerprint density at radius 2 is 2.20 bits per heavy atom. The van der Waals surface area contributed by atoms with Gasteiger partial charge in [0, 0.05) is 15.0 Å². The summed E-state index contributed by atoms with van der Waals surface area (Å²) >= 11 is 5.11. The third-order valence-electron chi connectivity index (χ3n) is 3.67. The molecule has 0 unspecified atom stereocenters. The molecule has 1 aromatic heterocycles. The Morgan fingerprint density at radius 1 is 1.35 bits per heavy atom. The molecule has 1 amide bonds. The van der Waals surface area contributed by atoms with E-state index in [1.165, 1.54) is 16.9 Å². The second kappa shape index (κ2) is 5.70. The summed E-state index contributed by atoms with van der Waals surface area (Å²) < 4.78 is 1.04. The molecule has 104 valence electrons. The normalized spacial score (nSPS) is 13.3. The number of aryl methyl sites for hydroxylation is 3. The predicted octanol–water partition coefficient (Wildman–Crippen LogP) is 4.81. The monoisotopic (exact) mass is 349 g/mol. The van der Waals surface area contributed by atoms with Crippen LogP contribution in [0, 0.1) is 0 Å². The molecule has 3 rings (SSSR count). The van der Waals surface area contributed by atoms with Crippen molar-refractivity contribution in [2.24, 2.45) is 0 Å². The molecule has 1 N–H and O–H groups in total. The number of rotatable bonds is 3. The van der Waals surface area contributed by atoms with Crippen molar-refractivity contribution in [2.45, 2.75) is 32.6 Å². The average molecular weight is 350 g/mol. The maximum absolute atomic E-state index is 12.4. The van der Waals surface area contributed by atoms with Gasteiger partial charge in [-0.3, -0.25) is 4.79 Å². The van der Waals surface area contributed by atoms with E-state index in [4.69, 9.17) is 0 Å². The number of anilines is 1. The molecule has 0 saturated heterocycles. The summed E-state index contributed by atoms with van der Waals surface area (Å²) in [5, 5.41) is 3.04. The first-order valence-corrected chi connectivity index (χ1v) is 8.49. The van der Waals surface area contributed by atoms with Crippen LogP contribution in [0.15, 0.2) is 28.7 Å². The molecular weight excluding hydrogens is 334 g/mol. The third kappa shape index (κ3) is 2.67. The molecule has 0 spiro atoms. The van der Waals surface area contributed by atoms with Crippen LogP contribution in [0.2, 0.25) is 0 Å². The fraction of sp³-hybridized carbons (Fsp3) is 0.312. The Bertz CT molecular complexity index is 641. The molecule has 0 aliphatic heterocycles. The highest BCUT2D eigenvalue weighted by Crippen LogP contribution is 2.31. The van der Waals surface area contributed by atoms with Gasteiger partial charge in [-0.15, -0.1) is 11.3 Å². The maximum Gasteiger partial charge on any atom is 0.265 e. The Kier molecular flexibility index (Phi) is 3.94. The first kappa shape index (κ1) is 13.8. The van der Waals surface area contributed by atoms with Crippen LogP contribution in [0.5, 0.6) is 0 Å². The predicted molar refractivity (Wildman–Crippen MR) is 87.8 cm³/mol. The molecule has 1 heterocycles. The molecule has 1 aliphatic rings. The summed E-state index contributed by atoms with van der Waals surface area (Å²) in [5.74, 6) is 0.0152. The van der Waals surface area contributed by atoms with Gasteiger partial charge in [-0.1, -0.05) is 22.9 Å². The van der Waals surface area contributed by atoms with Crippen molar-refractivity contribution in [3.8, 4) is 0 Å². The van der Waals surface area contributed by atoms with Crippen LogP contribution in [0.4, 0.5) is 5.69 Å². The number of halogens is 1. The number of thiophene rings is 1. The summed E-state index contributed by atoms with van der Waals surface area (Å²) in [6.07, 6.45) is 4.38. The van der Waals surface area contributed by atoms with E-state index >= 15 is 0 Å². The molecule has 0 radical (unpaired) electrons. The van der Waals surface area contributed by atoms with Crippen LogP contribution in [-0.4, -0.2) is 5.91 Å². The largest absolute Gasteiger partial charge is 0.321 e. The van der Waals surface area contributed by atoms with Crippen molar-refractivity contribution in [3.05, 3.63) is 49.6 Å². The standard InChI is InChI=1S/C16H16BrNOS/c1-2-10-8-12(17)6-7-13(10)18-16(19)15-9-11-4-3-5-14(11)20-15/h6-9H,2-5H2,1H3,(H,18,19). The lowest BCUT2D eigenvalue weighted by molar-refractivity contribution is 0.103. The number of carbonyl (C=O) groups excluding carboxylic acids is 1. The van der Waals surface area contributed by atoms with Crippen molar-refractivity contribution in [1.82, 2.24) is 0 Å². The van der Waals surface area contributed by atoms with Crippen LogP contribution >= 0.6 is 27.3 Å². The molecule has 2 aromatic rings. The summed E-state index contributed by atoms with van der Waals surface area (Å²) in [4.78, 5) is 14.6. The zero-order valence-electron chi connectivity index (χ0n) is 11.3. The third-order valence-corrected chi connectivity index (χ3v) is 5.40. The Balaban J connectivity index is 1.81. The van der Waals surface area contributed by atoms with Crippen molar-refractivity contribution in [1.29, 1.82) is 0 Å². The zero-order chi connectivity index (χ0) is 14.1. The fourth-order valence-corrected chi connectivity index (χ4v) is 4.16. The topological polar surface area (TPSA) is 29.1 Å². The number of hydrogen-bond donors (Lipinski definition) is 1. The van der Waals surface area contributed by atoms with E-state index in [0.29, 0.717) is 0 Å².